The van der Waals surface area contributed by atoms with Crippen LogP contribution in [0.15, 0.2) is 102 Å². The van der Waals surface area contributed by atoms with Crippen LogP contribution in [0.4, 0.5) is 5.69 Å². The number of halogens is 1. The lowest BCUT2D eigenvalue weighted by molar-refractivity contribution is -0.142. The summed E-state index contributed by atoms with van der Waals surface area (Å²) in [4.78, 5) is 45.9. The van der Waals surface area contributed by atoms with E-state index in [2.05, 4.69) is 15.9 Å². The topological polar surface area (TPSA) is 66.9 Å². The van der Waals surface area contributed by atoms with E-state index in [0.29, 0.717) is 18.7 Å². The molecule has 0 spiro atoms. The molecular formula is C35H31BrN2O4. The van der Waals surface area contributed by atoms with Gasteiger partial charge in [-0.1, -0.05) is 94.3 Å². The minimum Gasteiger partial charge on any atom is -0.496 e. The molecule has 0 saturated carbocycles. The number of carbonyl (C=O) groups excluding carboxylic acids is 3. The number of likely N-dealkylation sites (tertiary alicyclic amines) is 1. The largest absolute Gasteiger partial charge is 0.496 e. The van der Waals surface area contributed by atoms with Crippen molar-refractivity contribution in [3.8, 4) is 5.75 Å². The van der Waals surface area contributed by atoms with Crippen molar-refractivity contribution >= 4 is 39.3 Å². The van der Waals surface area contributed by atoms with Crippen molar-refractivity contribution < 1.29 is 19.1 Å². The van der Waals surface area contributed by atoms with Crippen LogP contribution in [0, 0.1) is 12.8 Å². The Morgan fingerprint density at radius 2 is 1.55 bits per heavy atom. The summed E-state index contributed by atoms with van der Waals surface area (Å²) in [6, 6.07) is 31.0. The molecule has 2 atom stereocenters. The molecular weight excluding hydrogens is 592 g/mol. The maximum atomic E-state index is 14.9. The molecule has 2 heterocycles. The number of rotatable bonds is 8. The second-order valence-corrected chi connectivity index (χ2v) is 12.0. The van der Waals surface area contributed by atoms with Crippen molar-refractivity contribution in [3.63, 3.8) is 0 Å². The van der Waals surface area contributed by atoms with E-state index in [4.69, 9.17) is 4.74 Å². The van der Waals surface area contributed by atoms with Crippen molar-refractivity contribution in [2.75, 3.05) is 12.0 Å². The number of benzene rings is 4. The smallest absolute Gasteiger partial charge is 0.239 e. The summed E-state index contributed by atoms with van der Waals surface area (Å²) in [5.74, 6) is -1.00. The van der Waals surface area contributed by atoms with Crippen LogP contribution in [0.1, 0.15) is 34.2 Å². The predicted molar refractivity (Wildman–Crippen MR) is 165 cm³/mol. The molecule has 212 valence electrons. The van der Waals surface area contributed by atoms with E-state index >= 15 is 0 Å². The van der Waals surface area contributed by atoms with E-state index in [1.807, 2.05) is 104 Å². The van der Waals surface area contributed by atoms with Gasteiger partial charge >= 0.3 is 0 Å². The number of hydrogen-bond acceptors (Lipinski definition) is 4. The quantitative estimate of drug-likeness (QED) is 0.214. The monoisotopic (exact) mass is 622 g/mol. The van der Waals surface area contributed by atoms with E-state index in [0.717, 1.165) is 38.0 Å². The van der Waals surface area contributed by atoms with Crippen LogP contribution < -0.4 is 9.64 Å². The molecule has 0 radical (unpaired) electrons. The molecule has 0 N–H and O–H groups in total. The standard InChI is InChI=1S/C35H31BrN2O4/c1-23-12-17-30-28(18-23)35(20-24-13-15-27(36)16-14-24,34(41)37(30)21-25-8-4-3-5-9-25)29-19-32(39)38(33(29)40)22-26-10-6-7-11-31(26)42-2/h3-18,29H,19-22H2,1-2H3/t29-,35+/m0/s1. The van der Waals surface area contributed by atoms with Crippen LogP contribution in [-0.2, 0) is 39.3 Å². The first-order valence-corrected chi connectivity index (χ1v) is 14.8. The minimum atomic E-state index is -1.24. The number of amides is 3. The van der Waals surface area contributed by atoms with E-state index < -0.39 is 11.3 Å². The molecule has 4 aromatic carbocycles. The van der Waals surface area contributed by atoms with Gasteiger partial charge in [0, 0.05) is 22.1 Å². The fraction of sp³-hybridized carbons (Fsp3) is 0.229. The molecule has 3 amide bonds. The number of anilines is 1. The average Bonchev–Trinajstić information content (AvgIpc) is 3.40. The highest BCUT2D eigenvalue weighted by molar-refractivity contribution is 9.10. The molecule has 7 heteroatoms. The van der Waals surface area contributed by atoms with Crippen molar-refractivity contribution in [2.45, 2.75) is 38.3 Å². The van der Waals surface area contributed by atoms with Crippen LogP contribution in [-0.4, -0.2) is 29.7 Å². The number of imide groups is 1. The van der Waals surface area contributed by atoms with Gasteiger partial charge in [0.2, 0.25) is 17.7 Å². The first-order valence-electron chi connectivity index (χ1n) is 14.0. The molecule has 1 saturated heterocycles. The van der Waals surface area contributed by atoms with Crippen molar-refractivity contribution in [1.29, 1.82) is 0 Å². The van der Waals surface area contributed by atoms with Crippen molar-refractivity contribution in [3.05, 3.63) is 129 Å². The maximum Gasteiger partial charge on any atom is 0.239 e. The van der Waals surface area contributed by atoms with Crippen LogP contribution in [0.5, 0.6) is 5.75 Å². The fourth-order valence-corrected chi connectivity index (χ4v) is 6.69. The summed E-state index contributed by atoms with van der Waals surface area (Å²) in [7, 11) is 1.57. The number of hydrogen-bond donors (Lipinski definition) is 0. The third-order valence-electron chi connectivity index (χ3n) is 8.49. The molecule has 42 heavy (non-hydrogen) atoms. The summed E-state index contributed by atoms with van der Waals surface area (Å²) >= 11 is 3.51. The number of carbonyl (C=O) groups is 3. The Balaban J connectivity index is 1.47. The fourth-order valence-electron chi connectivity index (χ4n) is 6.42. The van der Waals surface area contributed by atoms with Gasteiger partial charge in [-0.3, -0.25) is 19.3 Å². The number of nitrogens with zero attached hydrogens (tertiary/aromatic N) is 2. The molecule has 0 aromatic heterocycles. The van der Waals surface area contributed by atoms with Gasteiger partial charge in [-0.15, -0.1) is 0 Å². The SMILES string of the molecule is COc1ccccc1CN1C(=O)C[C@H]([C@]2(Cc3ccc(Br)cc3)C(=O)N(Cc3ccccc3)c3ccc(C)cc32)C1=O. The minimum absolute atomic E-state index is 0.0389. The highest BCUT2D eigenvalue weighted by Crippen LogP contribution is 2.52. The maximum absolute atomic E-state index is 14.9. The summed E-state index contributed by atoms with van der Waals surface area (Å²) < 4.78 is 6.42. The Labute approximate surface area is 254 Å². The molecule has 4 aromatic rings. The Morgan fingerprint density at radius 1 is 0.833 bits per heavy atom. The van der Waals surface area contributed by atoms with E-state index in [1.165, 1.54) is 4.90 Å². The van der Waals surface area contributed by atoms with Gasteiger partial charge in [0.15, 0.2) is 0 Å². The zero-order valence-electron chi connectivity index (χ0n) is 23.5. The summed E-state index contributed by atoms with van der Waals surface area (Å²) in [6.45, 7) is 2.46. The normalized spacial score (nSPS) is 19.9. The van der Waals surface area contributed by atoms with E-state index in [1.54, 1.807) is 12.0 Å². The molecule has 1 fully saturated rings. The predicted octanol–water partition coefficient (Wildman–Crippen LogP) is 6.37. The highest BCUT2D eigenvalue weighted by atomic mass is 79.9. The molecule has 0 aliphatic carbocycles. The zero-order valence-corrected chi connectivity index (χ0v) is 25.1. The molecule has 2 aliphatic rings. The molecule has 6 rings (SSSR count). The molecule has 6 nitrogen and oxygen atoms in total. The Morgan fingerprint density at radius 3 is 2.29 bits per heavy atom. The van der Waals surface area contributed by atoms with Gasteiger partial charge in [0.25, 0.3) is 0 Å². The number of para-hydroxylation sites is 1. The number of aryl methyl sites for hydroxylation is 1. The zero-order chi connectivity index (χ0) is 29.4. The Hall–Kier alpha value is -4.23. The van der Waals surface area contributed by atoms with Gasteiger partial charge in [0.05, 0.1) is 31.5 Å². The Kier molecular flexibility index (Phi) is 7.45. The molecule has 0 bridgehead atoms. The van der Waals surface area contributed by atoms with Crippen LogP contribution in [0.3, 0.4) is 0 Å². The summed E-state index contributed by atoms with van der Waals surface area (Å²) in [5.41, 5.74) is 3.99. The van der Waals surface area contributed by atoms with Crippen LogP contribution >= 0.6 is 15.9 Å². The van der Waals surface area contributed by atoms with Gasteiger partial charge in [-0.05, 0) is 54.3 Å². The lowest BCUT2D eigenvalue weighted by Crippen LogP contribution is -2.49. The van der Waals surface area contributed by atoms with Gasteiger partial charge < -0.3 is 9.64 Å². The molecule has 0 unspecified atom stereocenters. The highest BCUT2D eigenvalue weighted by Gasteiger charge is 2.61. The van der Waals surface area contributed by atoms with E-state index in [9.17, 15) is 14.4 Å². The first-order chi connectivity index (χ1) is 20.3. The van der Waals surface area contributed by atoms with Gasteiger partial charge in [0.1, 0.15) is 5.75 Å². The second kappa shape index (κ2) is 11.2. The van der Waals surface area contributed by atoms with Crippen LogP contribution in [0.25, 0.3) is 0 Å². The first kappa shape index (κ1) is 27.9. The van der Waals surface area contributed by atoms with Gasteiger partial charge in [-0.2, -0.15) is 0 Å². The third kappa shape index (κ3) is 4.81. The second-order valence-electron chi connectivity index (χ2n) is 11.1. The third-order valence-corrected chi connectivity index (χ3v) is 9.02. The van der Waals surface area contributed by atoms with Crippen molar-refractivity contribution in [2.24, 2.45) is 5.92 Å². The number of ether oxygens (including phenoxy) is 1. The average molecular weight is 624 g/mol. The number of fused-ring (bicyclic) bond motifs is 1. The lowest BCUT2D eigenvalue weighted by Gasteiger charge is -2.34. The lowest BCUT2D eigenvalue weighted by atomic mass is 9.66. The Bertz CT molecular complexity index is 1670. The van der Waals surface area contributed by atoms with Crippen molar-refractivity contribution in [1.82, 2.24) is 4.90 Å². The summed E-state index contributed by atoms with van der Waals surface area (Å²) in [6.07, 6.45) is 0.260. The number of methoxy groups -OCH3 is 1. The van der Waals surface area contributed by atoms with E-state index in [-0.39, 0.29) is 30.7 Å². The van der Waals surface area contributed by atoms with Gasteiger partial charge in [-0.25, -0.2) is 0 Å². The summed E-state index contributed by atoms with van der Waals surface area (Å²) in [5, 5.41) is 0. The van der Waals surface area contributed by atoms with Crippen LogP contribution in [0.2, 0.25) is 0 Å². The molecule has 2 aliphatic heterocycles.